The molecule has 2 rings (SSSR count). The van der Waals surface area contributed by atoms with E-state index in [0.717, 1.165) is 11.1 Å². The van der Waals surface area contributed by atoms with Gasteiger partial charge in [0.05, 0.1) is 6.57 Å². The first-order chi connectivity index (χ1) is 8.36. The van der Waals surface area contributed by atoms with Crippen LogP contribution >= 0.6 is 0 Å². The van der Waals surface area contributed by atoms with Crippen molar-refractivity contribution in [2.24, 2.45) is 0 Å². The molecular formula is C15H10N2. The van der Waals surface area contributed by atoms with Crippen molar-refractivity contribution in [3.63, 3.8) is 0 Å². The van der Waals surface area contributed by atoms with Crippen LogP contribution in [0.25, 0.3) is 9.69 Å². The molecule has 1 atom stereocenters. The Morgan fingerprint density at radius 1 is 0.824 bits per heavy atom. The van der Waals surface area contributed by atoms with Crippen LogP contribution in [0.2, 0.25) is 0 Å². The lowest BCUT2D eigenvalue weighted by Crippen LogP contribution is -1.95. The molecule has 0 saturated carbocycles. The zero-order valence-electron chi connectivity index (χ0n) is 9.17. The molecule has 2 aromatic carbocycles. The van der Waals surface area contributed by atoms with Gasteiger partial charge in [-0.2, -0.15) is 0 Å². The van der Waals surface area contributed by atoms with Crippen molar-refractivity contribution in [2.75, 3.05) is 0 Å². The van der Waals surface area contributed by atoms with Crippen LogP contribution in [0.15, 0.2) is 54.6 Å². The van der Waals surface area contributed by atoms with Crippen LogP contribution in [0, 0.1) is 13.1 Å². The minimum Gasteiger partial charge on any atom is -0.305 e. The molecule has 0 spiro atoms. The summed E-state index contributed by atoms with van der Waals surface area (Å²) in [5.41, 5.74) is 2.26. The van der Waals surface area contributed by atoms with Crippen molar-refractivity contribution in [1.82, 2.24) is 0 Å². The van der Waals surface area contributed by atoms with Crippen molar-refractivity contribution in [1.29, 1.82) is 0 Å². The predicted molar refractivity (Wildman–Crippen MR) is 67.6 cm³/mol. The number of rotatable bonds is 2. The lowest BCUT2D eigenvalue weighted by atomic mass is 9.98. The molecule has 0 bridgehead atoms. The van der Waals surface area contributed by atoms with E-state index in [1.54, 1.807) is 6.07 Å². The molecular weight excluding hydrogens is 208 g/mol. The number of hydrogen-bond donors (Lipinski definition) is 0. The molecule has 80 valence electrons. The van der Waals surface area contributed by atoms with Crippen LogP contribution in [-0.2, 0) is 0 Å². The van der Waals surface area contributed by atoms with Crippen molar-refractivity contribution in [3.05, 3.63) is 88.6 Å². The average molecular weight is 218 g/mol. The van der Waals surface area contributed by atoms with Crippen LogP contribution in [0.3, 0.4) is 0 Å². The van der Waals surface area contributed by atoms with E-state index in [4.69, 9.17) is 13.1 Å². The van der Waals surface area contributed by atoms with Crippen molar-refractivity contribution in [2.45, 2.75) is 6.04 Å². The Morgan fingerprint density at radius 2 is 1.47 bits per heavy atom. The maximum atomic E-state index is 7.33. The number of nitrogens with zero attached hydrogens (tertiary/aromatic N) is 2. The van der Waals surface area contributed by atoms with E-state index < -0.39 is 0 Å². The van der Waals surface area contributed by atoms with Gasteiger partial charge in [0.15, 0.2) is 5.69 Å². The molecule has 0 radical (unpaired) electrons. The smallest absolute Gasteiger partial charge is 0.265 e. The van der Waals surface area contributed by atoms with Crippen LogP contribution in [0.1, 0.15) is 17.2 Å². The van der Waals surface area contributed by atoms with Crippen LogP contribution in [0.5, 0.6) is 0 Å². The summed E-state index contributed by atoms with van der Waals surface area (Å²) in [6, 6.07) is 16.5. The molecule has 0 aliphatic carbocycles. The second-order valence-corrected chi connectivity index (χ2v) is 3.61. The second-order valence-electron chi connectivity index (χ2n) is 3.61. The molecule has 0 saturated heterocycles. The molecule has 0 aliphatic rings. The van der Waals surface area contributed by atoms with Gasteiger partial charge < -0.3 is 4.85 Å². The number of para-hydroxylation sites is 1. The summed E-state index contributed by atoms with van der Waals surface area (Å²) in [6.45, 7) is 14.5. The molecule has 1 unspecified atom stereocenters. The van der Waals surface area contributed by atoms with Crippen molar-refractivity contribution in [3.8, 4) is 0 Å². The summed E-state index contributed by atoms with van der Waals surface area (Å²) in [5.74, 6) is 0. The van der Waals surface area contributed by atoms with E-state index in [-0.39, 0.29) is 6.04 Å². The summed E-state index contributed by atoms with van der Waals surface area (Å²) in [6.07, 6.45) is 0. The Morgan fingerprint density at radius 3 is 2.12 bits per heavy atom. The quantitative estimate of drug-likeness (QED) is 0.666. The van der Waals surface area contributed by atoms with E-state index in [1.165, 1.54) is 0 Å². The SMILES string of the molecule is [C-]#[N+]c1ccccc1C([N+]#[C-])c1ccccc1. The summed E-state index contributed by atoms with van der Waals surface area (Å²) in [4.78, 5) is 7.12. The highest BCUT2D eigenvalue weighted by molar-refractivity contribution is 5.56. The summed E-state index contributed by atoms with van der Waals surface area (Å²) in [5, 5.41) is 0. The molecule has 2 heteroatoms. The largest absolute Gasteiger partial charge is 0.305 e. The molecule has 17 heavy (non-hydrogen) atoms. The second kappa shape index (κ2) is 4.96. The molecule has 2 nitrogen and oxygen atoms in total. The Kier molecular flexibility index (Phi) is 3.19. The van der Waals surface area contributed by atoms with Gasteiger partial charge in [-0.15, -0.1) is 0 Å². The third-order valence-electron chi connectivity index (χ3n) is 2.60. The van der Waals surface area contributed by atoms with E-state index in [1.807, 2.05) is 48.5 Å². The van der Waals surface area contributed by atoms with Crippen LogP contribution in [-0.4, -0.2) is 0 Å². The Labute approximate surface area is 101 Å². The lowest BCUT2D eigenvalue weighted by Gasteiger charge is -2.07. The minimum absolute atomic E-state index is 0.388. The Hall–Kier alpha value is -2.58. The van der Waals surface area contributed by atoms with Gasteiger partial charge in [0.25, 0.3) is 6.04 Å². The summed E-state index contributed by atoms with van der Waals surface area (Å²) >= 11 is 0. The molecule has 0 N–H and O–H groups in total. The van der Waals surface area contributed by atoms with Gasteiger partial charge in [-0.1, -0.05) is 54.6 Å². The zero-order chi connectivity index (χ0) is 12.1. The topological polar surface area (TPSA) is 8.72 Å². The third kappa shape index (κ3) is 2.17. The standard InChI is InChI=1S/C15H10N2/c1-16-14-11-7-6-10-13(14)15(17-2)12-8-4-3-5-9-12/h3-11,15H. The molecule has 0 amide bonds. The van der Waals surface area contributed by atoms with Gasteiger partial charge in [-0.05, 0) is 0 Å². The summed E-state index contributed by atoms with van der Waals surface area (Å²) in [7, 11) is 0. The van der Waals surface area contributed by atoms with Crippen molar-refractivity contribution >= 4 is 5.69 Å². The van der Waals surface area contributed by atoms with Gasteiger partial charge in [0.2, 0.25) is 0 Å². The van der Waals surface area contributed by atoms with Gasteiger partial charge in [0.1, 0.15) is 0 Å². The first-order valence-electron chi connectivity index (χ1n) is 5.24. The fourth-order valence-corrected chi connectivity index (χ4v) is 1.78. The normalized spacial score (nSPS) is 11.2. The highest BCUT2D eigenvalue weighted by Crippen LogP contribution is 2.32. The Balaban J connectivity index is 2.52. The highest BCUT2D eigenvalue weighted by Gasteiger charge is 2.21. The third-order valence-corrected chi connectivity index (χ3v) is 2.60. The first kappa shape index (κ1) is 10.9. The monoisotopic (exact) mass is 218 g/mol. The van der Waals surface area contributed by atoms with Gasteiger partial charge in [-0.25, -0.2) is 11.4 Å². The molecule has 0 aliphatic heterocycles. The zero-order valence-corrected chi connectivity index (χ0v) is 9.17. The number of benzene rings is 2. The van der Waals surface area contributed by atoms with Gasteiger partial charge in [0, 0.05) is 11.1 Å². The van der Waals surface area contributed by atoms with Crippen LogP contribution < -0.4 is 0 Å². The van der Waals surface area contributed by atoms with E-state index in [2.05, 4.69) is 9.69 Å². The lowest BCUT2D eigenvalue weighted by molar-refractivity contribution is 1.03. The minimum atomic E-state index is -0.388. The highest BCUT2D eigenvalue weighted by atomic mass is 14.7. The number of hydrogen-bond acceptors (Lipinski definition) is 0. The van der Waals surface area contributed by atoms with Gasteiger partial charge in [-0.3, -0.25) is 0 Å². The molecule has 0 fully saturated rings. The summed E-state index contributed by atoms with van der Waals surface area (Å²) < 4.78 is 0. The van der Waals surface area contributed by atoms with Crippen LogP contribution in [0.4, 0.5) is 5.69 Å². The van der Waals surface area contributed by atoms with E-state index >= 15 is 0 Å². The maximum absolute atomic E-state index is 7.33. The molecule has 2 aromatic rings. The fourth-order valence-electron chi connectivity index (χ4n) is 1.78. The van der Waals surface area contributed by atoms with Gasteiger partial charge >= 0.3 is 0 Å². The first-order valence-corrected chi connectivity index (χ1v) is 5.24. The molecule has 0 heterocycles. The average Bonchev–Trinajstić information content (AvgIpc) is 2.41. The van der Waals surface area contributed by atoms with E-state index in [0.29, 0.717) is 5.69 Å². The van der Waals surface area contributed by atoms with Crippen molar-refractivity contribution < 1.29 is 0 Å². The predicted octanol–water partition coefficient (Wildman–Crippen LogP) is 4.25. The Bertz CT molecular complexity index is 588. The fraction of sp³-hybridized carbons (Fsp3) is 0.0667. The molecule has 0 aromatic heterocycles. The van der Waals surface area contributed by atoms with E-state index in [9.17, 15) is 0 Å². The maximum Gasteiger partial charge on any atom is 0.265 e.